The van der Waals surface area contributed by atoms with Crippen molar-refractivity contribution in [1.29, 1.82) is 0 Å². The van der Waals surface area contributed by atoms with E-state index in [2.05, 4.69) is 5.32 Å². The van der Waals surface area contributed by atoms with Crippen LogP contribution >= 0.6 is 11.6 Å². The van der Waals surface area contributed by atoms with Crippen LogP contribution in [0.4, 0.5) is 4.39 Å². The van der Waals surface area contributed by atoms with Crippen LogP contribution in [0.15, 0.2) is 91.0 Å². The molecule has 7 heteroatoms. The number of aromatic hydroxyl groups is 1. The molecule has 4 rings (SSSR count). The minimum absolute atomic E-state index is 0.0424. The molecule has 1 amide bonds. The molecule has 0 bridgehead atoms. The third kappa shape index (κ3) is 5.67. The number of amides is 1. The summed E-state index contributed by atoms with van der Waals surface area (Å²) in [5.74, 6) is -2.56. The number of carbonyl (C=O) groups is 2. The standard InChI is InChI=1S/C28H21ClFNO4/c29-23-15-21(10-12-24(23)30)20-11-13-26(32)22(14-20)28(35)31-25(16-27(33)34)19-8-6-18(7-9-19)17-4-2-1-3-5-17/h1-15,25,32H,16H2,(H,31,35)(H,33,34). The molecular weight excluding hydrogens is 469 g/mol. The fraction of sp³-hybridized carbons (Fsp3) is 0.0714. The fourth-order valence-corrected chi connectivity index (χ4v) is 3.96. The molecule has 35 heavy (non-hydrogen) atoms. The van der Waals surface area contributed by atoms with Gasteiger partial charge < -0.3 is 15.5 Å². The van der Waals surface area contributed by atoms with Crippen LogP contribution in [0.2, 0.25) is 5.02 Å². The Bertz CT molecular complexity index is 1370. The highest BCUT2D eigenvalue weighted by atomic mass is 35.5. The molecule has 0 spiro atoms. The van der Waals surface area contributed by atoms with Gasteiger partial charge in [-0.15, -0.1) is 0 Å². The topological polar surface area (TPSA) is 86.6 Å². The number of hydrogen-bond donors (Lipinski definition) is 3. The summed E-state index contributed by atoms with van der Waals surface area (Å²) in [6.45, 7) is 0. The van der Waals surface area contributed by atoms with Crippen molar-refractivity contribution in [3.8, 4) is 28.0 Å². The SMILES string of the molecule is O=C(O)CC(NC(=O)c1cc(-c2ccc(F)c(Cl)c2)ccc1O)c1ccc(-c2ccccc2)cc1. The van der Waals surface area contributed by atoms with E-state index in [9.17, 15) is 24.2 Å². The molecule has 0 aliphatic carbocycles. The molecule has 0 saturated carbocycles. The Balaban J connectivity index is 1.60. The van der Waals surface area contributed by atoms with Gasteiger partial charge in [0.25, 0.3) is 5.91 Å². The minimum atomic E-state index is -1.08. The van der Waals surface area contributed by atoms with Gasteiger partial charge in [-0.25, -0.2) is 4.39 Å². The average molecular weight is 490 g/mol. The van der Waals surface area contributed by atoms with Crippen molar-refractivity contribution in [2.24, 2.45) is 0 Å². The first-order valence-electron chi connectivity index (χ1n) is 10.8. The Morgan fingerprint density at radius 3 is 2.09 bits per heavy atom. The van der Waals surface area contributed by atoms with Crippen molar-refractivity contribution in [3.63, 3.8) is 0 Å². The van der Waals surface area contributed by atoms with Gasteiger partial charge in [-0.2, -0.15) is 0 Å². The van der Waals surface area contributed by atoms with Crippen LogP contribution in [-0.2, 0) is 4.79 Å². The lowest BCUT2D eigenvalue weighted by Gasteiger charge is -2.19. The lowest BCUT2D eigenvalue weighted by molar-refractivity contribution is -0.137. The van der Waals surface area contributed by atoms with Gasteiger partial charge in [0.1, 0.15) is 11.6 Å². The molecule has 0 heterocycles. The number of aliphatic carboxylic acids is 1. The monoisotopic (exact) mass is 489 g/mol. The van der Waals surface area contributed by atoms with Crippen LogP contribution < -0.4 is 5.32 Å². The molecule has 0 radical (unpaired) electrons. The zero-order chi connectivity index (χ0) is 24.9. The maximum Gasteiger partial charge on any atom is 0.305 e. The zero-order valence-corrected chi connectivity index (χ0v) is 19.2. The molecule has 3 N–H and O–H groups in total. The summed E-state index contributed by atoms with van der Waals surface area (Å²) < 4.78 is 13.5. The summed E-state index contributed by atoms with van der Waals surface area (Å²) in [4.78, 5) is 24.6. The van der Waals surface area contributed by atoms with Crippen molar-refractivity contribution in [2.75, 3.05) is 0 Å². The van der Waals surface area contributed by atoms with E-state index < -0.39 is 23.7 Å². The molecule has 1 unspecified atom stereocenters. The Hall–Kier alpha value is -4.16. The largest absolute Gasteiger partial charge is 0.507 e. The zero-order valence-electron chi connectivity index (χ0n) is 18.4. The number of carboxylic acid groups (broad SMARTS) is 1. The van der Waals surface area contributed by atoms with Gasteiger partial charge in [0.15, 0.2) is 0 Å². The number of nitrogens with one attached hydrogen (secondary N) is 1. The first-order chi connectivity index (χ1) is 16.8. The normalized spacial score (nSPS) is 11.6. The highest BCUT2D eigenvalue weighted by molar-refractivity contribution is 6.31. The van der Waals surface area contributed by atoms with Crippen LogP contribution in [0.1, 0.15) is 28.4 Å². The lowest BCUT2D eigenvalue weighted by atomic mass is 9.98. The van der Waals surface area contributed by atoms with Crippen LogP contribution in [-0.4, -0.2) is 22.1 Å². The molecule has 0 aliphatic rings. The van der Waals surface area contributed by atoms with Gasteiger partial charge in [-0.1, -0.05) is 78.3 Å². The van der Waals surface area contributed by atoms with Gasteiger partial charge in [-0.3, -0.25) is 9.59 Å². The first-order valence-corrected chi connectivity index (χ1v) is 11.2. The molecular formula is C28H21ClFNO4. The number of carboxylic acids is 1. The second-order valence-corrected chi connectivity index (χ2v) is 8.38. The summed E-state index contributed by atoms with van der Waals surface area (Å²) in [6.07, 6.45) is -0.343. The van der Waals surface area contributed by atoms with Crippen molar-refractivity contribution >= 4 is 23.5 Å². The predicted molar refractivity (Wildman–Crippen MR) is 133 cm³/mol. The highest BCUT2D eigenvalue weighted by Gasteiger charge is 2.21. The number of hydrogen-bond acceptors (Lipinski definition) is 3. The van der Waals surface area contributed by atoms with Crippen LogP contribution in [0.25, 0.3) is 22.3 Å². The van der Waals surface area contributed by atoms with E-state index in [0.29, 0.717) is 16.7 Å². The summed E-state index contributed by atoms with van der Waals surface area (Å²) in [5.41, 5.74) is 3.64. The third-order valence-corrected chi connectivity index (χ3v) is 5.89. The molecule has 0 fully saturated rings. The van der Waals surface area contributed by atoms with E-state index in [1.54, 1.807) is 18.2 Å². The van der Waals surface area contributed by atoms with Crippen molar-refractivity contribution < 1.29 is 24.2 Å². The molecule has 4 aromatic rings. The molecule has 1 atom stereocenters. The van der Waals surface area contributed by atoms with Gasteiger partial charge in [0.2, 0.25) is 0 Å². The Kier molecular flexibility index (Phi) is 7.13. The number of benzene rings is 4. The quantitative estimate of drug-likeness (QED) is 0.278. The summed E-state index contributed by atoms with van der Waals surface area (Å²) in [5, 5.41) is 22.4. The smallest absolute Gasteiger partial charge is 0.305 e. The molecule has 0 aromatic heterocycles. The minimum Gasteiger partial charge on any atom is -0.507 e. The van der Waals surface area contributed by atoms with E-state index >= 15 is 0 Å². The maximum absolute atomic E-state index is 13.5. The van der Waals surface area contributed by atoms with E-state index in [4.69, 9.17) is 11.6 Å². The second kappa shape index (κ2) is 10.4. The number of halogens is 2. The lowest BCUT2D eigenvalue weighted by Crippen LogP contribution is -2.30. The van der Waals surface area contributed by atoms with E-state index in [0.717, 1.165) is 11.1 Å². The average Bonchev–Trinajstić information content (AvgIpc) is 2.86. The highest BCUT2D eigenvalue weighted by Crippen LogP contribution is 2.30. The third-order valence-electron chi connectivity index (χ3n) is 5.60. The molecule has 0 aliphatic heterocycles. The van der Waals surface area contributed by atoms with Gasteiger partial charge in [-0.05, 0) is 52.1 Å². The molecule has 0 saturated heterocycles. The fourth-order valence-electron chi connectivity index (χ4n) is 3.77. The van der Waals surface area contributed by atoms with E-state index in [1.807, 2.05) is 42.5 Å². The van der Waals surface area contributed by atoms with Crippen LogP contribution in [0, 0.1) is 5.82 Å². The number of carbonyl (C=O) groups excluding carboxylic acids is 1. The van der Waals surface area contributed by atoms with Gasteiger partial charge in [0, 0.05) is 0 Å². The number of phenolic OH excluding ortho intramolecular Hbond substituents is 1. The Labute approximate surface area is 206 Å². The summed E-state index contributed by atoms with van der Waals surface area (Å²) in [7, 11) is 0. The Morgan fingerprint density at radius 1 is 0.829 bits per heavy atom. The second-order valence-electron chi connectivity index (χ2n) is 7.97. The first kappa shape index (κ1) is 24.0. The van der Waals surface area contributed by atoms with Gasteiger partial charge in [0.05, 0.1) is 23.0 Å². The molecule has 176 valence electrons. The van der Waals surface area contributed by atoms with E-state index in [1.165, 1.54) is 30.3 Å². The van der Waals surface area contributed by atoms with E-state index in [-0.39, 0.29) is 22.8 Å². The molecule has 4 aromatic carbocycles. The van der Waals surface area contributed by atoms with Crippen molar-refractivity contribution in [1.82, 2.24) is 5.32 Å². The summed E-state index contributed by atoms with van der Waals surface area (Å²) >= 11 is 5.87. The van der Waals surface area contributed by atoms with Crippen molar-refractivity contribution in [3.05, 3.63) is 113 Å². The Morgan fingerprint density at radius 2 is 1.43 bits per heavy atom. The predicted octanol–water partition coefficient (Wildman–Crippen LogP) is 6.46. The van der Waals surface area contributed by atoms with Crippen LogP contribution in [0.3, 0.4) is 0 Å². The summed E-state index contributed by atoms with van der Waals surface area (Å²) in [6, 6.07) is 24.7. The van der Waals surface area contributed by atoms with Crippen molar-refractivity contribution in [2.45, 2.75) is 12.5 Å². The number of rotatable bonds is 7. The van der Waals surface area contributed by atoms with Crippen LogP contribution in [0.5, 0.6) is 5.75 Å². The maximum atomic E-state index is 13.5. The number of phenols is 1. The molecule has 5 nitrogen and oxygen atoms in total. The van der Waals surface area contributed by atoms with Gasteiger partial charge >= 0.3 is 5.97 Å².